The summed E-state index contributed by atoms with van der Waals surface area (Å²) in [7, 11) is 3.17. The molecule has 0 bridgehead atoms. The molecule has 1 aliphatic heterocycles. The first kappa shape index (κ1) is 23.2. The molecule has 10 heteroatoms. The van der Waals surface area contributed by atoms with Crippen molar-refractivity contribution in [1.29, 1.82) is 0 Å². The highest BCUT2D eigenvalue weighted by atomic mass is 16.6. The van der Waals surface area contributed by atoms with E-state index in [1.54, 1.807) is 29.9 Å². The Bertz CT molecular complexity index is 1260. The Balaban J connectivity index is 1.67. The predicted molar refractivity (Wildman–Crippen MR) is 127 cm³/mol. The first-order valence-corrected chi connectivity index (χ1v) is 10.9. The molecule has 1 atom stereocenters. The number of carbonyl (C=O) groups is 1. The van der Waals surface area contributed by atoms with E-state index in [9.17, 15) is 4.79 Å². The molecule has 0 saturated carbocycles. The van der Waals surface area contributed by atoms with E-state index in [0.717, 1.165) is 0 Å². The number of aromatic nitrogens is 4. The van der Waals surface area contributed by atoms with E-state index in [0.29, 0.717) is 59.1 Å². The Morgan fingerprint density at radius 3 is 2.47 bits per heavy atom. The quantitative estimate of drug-likeness (QED) is 0.588. The van der Waals surface area contributed by atoms with Gasteiger partial charge in [-0.05, 0) is 45.2 Å². The van der Waals surface area contributed by atoms with Crippen molar-refractivity contribution in [2.45, 2.75) is 38.8 Å². The van der Waals surface area contributed by atoms with Gasteiger partial charge in [0.1, 0.15) is 34.9 Å². The van der Waals surface area contributed by atoms with E-state index < -0.39 is 5.60 Å². The zero-order chi connectivity index (χ0) is 24.5. The number of carbonyl (C=O) groups excluding carboxylic acids is 1. The van der Waals surface area contributed by atoms with Crippen molar-refractivity contribution < 1.29 is 19.0 Å². The monoisotopic (exact) mass is 464 g/mol. The molecule has 2 N–H and O–H groups in total. The third-order valence-corrected chi connectivity index (χ3v) is 5.36. The van der Waals surface area contributed by atoms with E-state index in [2.05, 4.69) is 21.8 Å². The van der Waals surface area contributed by atoms with Crippen LogP contribution in [0.2, 0.25) is 0 Å². The van der Waals surface area contributed by atoms with Crippen LogP contribution in [-0.2, 0) is 4.74 Å². The van der Waals surface area contributed by atoms with Crippen LogP contribution in [0.5, 0.6) is 11.5 Å². The average molecular weight is 465 g/mol. The molecular weight excluding hydrogens is 436 g/mol. The molecule has 4 rings (SSSR count). The molecular formula is C24H28N6O4. The summed E-state index contributed by atoms with van der Waals surface area (Å²) >= 11 is 0. The number of hydrogen-bond donors (Lipinski definition) is 1. The number of anilines is 1. The number of ether oxygens (including phenoxy) is 3. The molecule has 0 aliphatic carbocycles. The van der Waals surface area contributed by atoms with Gasteiger partial charge in [-0.25, -0.2) is 19.4 Å². The van der Waals surface area contributed by atoms with Crippen molar-refractivity contribution in [1.82, 2.24) is 24.6 Å². The maximum Gasteiger partial charge on any atom is 0.410 e. The Morgan fingerprint density at radius 2 is 1.82 bits per heavy atom. The van der Waals surface area contributed by atoms with Crippen LogP contribution in [0.15, 0.2) is 24.5 Å². The second-order valence-corrected chi connectivity index (χ2v) is 8.97. The summed E-state index contributed by atoms with van der Waals surface area (Å²) in [4.78, 5) is 22.7. The minimum Gasteiger partial charge on any atom is -0.497 e. The second kappa shape index (κ2) is 9.09. The zero-order valence-corrected chi connectivity index (χ0v) is 20.0. The van der Waals surface area contributed by atoms with Crippen LogP contribution in [0.25, 0.3) is 11.0 Å². The fourth-order valence-corrected chi connectivity index (χ4v) is 3.78. The van der Waals surface area contributed by atoms with E-state index in [1.165, 1.54) is 6.33 Å². The zero-order valence-electron chi connectivity index (χ0n) is 20.0. The van der Waals surface area contributed by atoms with Crippen molar-refractivity contribution in [3.63, 3.8) is 0 Å². The van der Waals surface area contributed by atoms with Crippen LogP contribution in [0, 0.1) is 11.8 Å². The van der Waals surface area contributed by atoms with Crippen LogP contribution < -0.4 is 15.2 Å². The van der Waals surface area contributed by atoms with Gasteiger partial charge in [0.05, 0.1) is 25.6 Å². The van der Waals surface area contributed by atoms with Crippen LogP contribution in [0.1, 0.15) is 44.5 Å². The van der Waals surface area contributed by atoms with Gasteiger partial charge >= 0.3 is 6.09 Å². The summed E-state index contributed by atoms with van der Waals surface area (Å²) < 4.78 is 17.9. The number of benzene rings is 1. The highest BCUT2D eigenvalue weighted by Gasteiger charge is 2.32. The number of nitrogens with zero attached hydrogens (tertiary/aromatic N) is 5. The largest absolute Gasteiger partial charge is 0.497 e. The van der Waals surface area contributed by atoms with Gasteiger partial charge in [-0.2, -0.15) is 5.10 Å². The maximum atomic E-state index is 12.5. The summed E-state index contributed by atoms with van der Waals surface area (Å²) in [6.45, 7) is 6.56. The van der Waals surface area contributed by atoms with E-state index in [4.69, 9.17) is 25.0 Å². The summed E-state index contributed by atoms with van der Waals surface area (Å²) in [6.07, 6.45) is 1.77. The van der Waals surface area contributed by atoms with Crippen LogP contribution in [-0.4, -0.2) is 63.7 Å². The smallest absolute Gasteiger partial charge is 0.410 e. The van der Waals surface area contributed by atoms with Crippen molar-refractivity contribution in [2.24, 2.45) is 0 Å². The lowest BCUT2D eigenvalue weighted by Crippen LogP contribution is -2.35. The van der Waals surface area contributed by atoms with E-state index in [1.807, 2.05) is 32.9 Å². The Hall–Kier alpha value is -4.00. The molecule has 2 aromatic heterocycles. The molecule has 3 heterocycles. The number of nitrogens with two attached hydrogens (primary N) is 1. The maximum absolute atomic E-state index is 12.5. The Kier molecular flexibility index (Phi) is 6.20. The molecule has 1 amide bonds. The lowest BCUT2D eigenvalue weighted by Gasteiger charge is -2.24. The first-order valence-electron chi connectivity index (χ1n) is 10.9. The minimum absolute atomic E-state index is 0.0863. The van der Waals surface area contributed by atoms with Crippen LogP contribution in [0.4, 0.5) is 10.6 Å². The second-order valence-electron chi connectivity index (χ2n) is 8.97. The van der Waals surface area contributed by atoms with Crippen molar-refractivity contribution >= 4 is 22.9 Å². The number of hydrogen-bond acceptors (Lipinski definition) is 8. The summed E-state index contributed by atoms with van der Waals surface area (Å²) in [5.74, 6) is 7.77. The van der Waals surface area contributed by atoms with Crippen LogP contribution in [0.3, 0.4) is 0 Å². The molecule has 1 fully saturated rings. The van der Waals surface area contributed by atoms with E-state index >= 15 is 0 Å². The average Bonchev–Trinajstić information content (AvgIpc) is 3.42. The van der Waals surface area contributed by atoms with Gasteiger partial charge in [-0.15, -0.1) is 0 Å². The van der Waals surface area contributed by atoms with E-state index in [-0.39, 0.29) is 12.1 Å². The standard InChI is InChI=1S/C24H28N6O4/c1-24(2,3)34-23(31)29-9-8-16(13-29)30-22-20(21(25)26-14-27-22)19(28-30)7-6-15-10-17(32-4)12-18(11-15)33-5/h10-12,14,16H,8-9,13H2,1-5H3,(H2,25,26,27). The summed E-state index contributed by atoms with van der Waals surface area (Å²) in [5.41, 5.74) is 7.37. The fourth-order valence-electron chi connectivity index (χ4n) is 3.78. The molecule has 34 heavy (non-hydrogen) atoms. The van der Waals surface area contributed by atoms with Gasteiger partial charge in [-0.3, -0.25) is 0 Å². The molecule has 1 saturated heterocycles. The van der Waals surface area contributed by atoms with Gasteiger partial charge in [0, 0.05) is 24.7 Å². The van der Waals surface area contributed by atoms with Crippen molar-refractivity contribution in [3.05, 3.63) is 35.8 Å². The summed E-state index contributed by atoms with van der Waals surface area (Å²) in [6, 6.07) is 5.31. The minimum atomic E-state index is -0.555. The molecule has 0 spiro atoms. The molecule has 1 unspecified atom stereocenters. The predicted octanol–water partition coefficient (Wildman–Crippen LogP) is 3.01. The SMILES string of the molecule is COc1cc(C#Cc2nn(C3CCN(C(=O)OC(C)(C)C)C3)c3ncnc(N)c23)cc(OC)c1. The lowest BCUT2D eigenvalue weighted by molar-refractivity contribution is 0.0288. The first-order chi connectivity index (χ1) is 16.2. The topological polar surface area (TPSA) is 118 Å². The molecule has 3 aromatic rings. The highest BCUT2D eigenvalue weighted by molar-refractivity contribution is 5.90. The van der Waals surface area contributed by atoms with Gasteiger partial charge in [-0.1, -0.05) is 5.92 Å². The van der Waals surface area contributed by atoms with Gasteiger partial charge in [0.25, 0.3) is 0 Å². The number of likely N-dealkylation sites (tertiary alicyclic amines) is 1. The highest BCUT2D eigenvalue weighted by Crippen LogP contribution is 2.29. The number of amides is 1. The Labute approximate surface area is 198 Å². The fraction of sp³-hybridized carbons (Fsp3) is 0.417. The number of methoxy groups -OCH3 is 2. The van der Waals surface area contributed by atoms with Gasteiger partial charge in [0.15, 0.2) is 5.65 Å². The molecule has 0 radical (unpaired) electrons. The summed E-state index contributed by atoms with van der Waals surface area (Å²) in [5, 5.41) is 5.30. The molecule has 10 nitrogen and oxygen atoms in total. The third-order valence-electron chi connectivity index (χ3n) is 5.36. The van der Waals surface area contributed by atoms with Crippen LogP contribution >= 0.6 is 0 Å². The van der Waals surface area contributed by atoms with Gasteiger partial charge in [0.2, 0.25) is 0 Å². The van der Waals surface area contributed by atoms with Crippen molar-refractivity contribution in [3.8, 4) is 23.3 Å². The molecule has 1 aromatic carbocycles. The lowest BCUT2D eigenvalue weighted by atomic mass is 10.2. The Morgan fingerprint density at radius 1 is 1.12 bits per heavy atom. The number of rotatable bonds is 3. The van der Waals surface area contributed by atoms with Gasteiger partial charge < -0.3 is 24.8 Å². The molecule has 1 aliphatic rings. The molecule has 178 valence electrons. The normalized spacial score (nSPS) is 15.7. The third kappa shape index (κ3) is 4.83. The van der Waals surface area contributed by atoms with Crippen molar-refractivity contribution in [2.75, 3.05) is 33.0 Å². The number of fused-ring (bicyclic) bond motifs is 1. The number of nitrogen functional groups attached to an aromatic ring is 1.